The molecule has 0 radical (unpaired) electrons. The third-order valence-electron chi connectivity index (χ3n) is 6.07. The standard InChI is InChI=1S/C22H46NO.ClH/c1-4-7-8-9-10-11-12-13-14-15-16-17-18-19-23(5-2,6-3)20-22-21-24-22;/h22H,4-21H2,1-3H3;1H/q+1;/p-1. The minimum atomic E-state index is 0. The van der Waals surface area contributed by atoms with Crippen molar-refractivity contribution in [1.82, 2.24) is 0 Å². The summed E-state index contributed by atoms with van der Waals surface area (Å²) >= 11 is 0. The third kappa shape index (κ3) is 13.1. The van der Waals surface area contributed by atoms with E-state index >= 15 is 0 Å². The van der Waals surface area contributed by atoms with Crippen molar-refractivity contribution in [1.29, 1.82) is 0 Å². The molecule has 0 amide bonds. The van der Waals surface area contributed by atoms with Crippen LogP contribution < -0.4 is 12.4 Å². The van der Waals surface area contributed by atoms with Gasteiger partial charge in [0.2, 0.25) is 0 Å². The van der Waals surface area contributed by atoms with E-state index in [-0.39, 0.29) is 12.4 Å². The lowest BCUT2D eigenvalue weighted by Gasteiger charge is -2.36. The van der Waals surface area contributed by atoms with Crippen molar-refractivity contribution in [3.8, 4) is 0 Å². The quantitative estimate of drug-likeness (QED) is 0.203. The summed E-state index contributed by atoms with van der Waals surface area (Å²) in [6, 6.07) is 0. The molecule has 1 unspecified atom stereocenters. The minimum absolute atomic E-state index is 0. The first-order valence-electron chi connectivity index (χ1n) is 11.2. The van der Waals surface area contributed by atoms with Crippen LogP contribution in [0.15, 0.2) is 0 Å². The fourth-order valence-corrected chi connectivity index (χ4v) is 3.96. The number of quaternary nitrogens is 1. The Bertz CT molecular complexity index is 277. The van der Waals surface area contributed by atoms with E-state index in [9.17, 15) is 0 Å². The number of unbranched alkanes of at least 4 members (excludes halogenated alkanes) is 12. The van der Waals surface area contributed by atoms with Crippen molar-refractivity contribution in [2.24, 2.45) is 0 Å². The molecule has 0 spiro atoms. The molecule has 1 aliphatic rings. The summed E-state index contributed by atoms with van der Waals surface area (Å²) in [7, 11) is 0. The molecule has 1 rings (SSSR count). The monoisotopic (exact) mass is 375 g/mol. The molecule has 0 saturated carbocycles. The molecular weight excluding hydrogens is 330 g/mol. The second kappa shape index (κ2) is 16.4. The SMILES string of the molecule is CCCCCCCCCCCCCCC[N+](CC)(CC)CC1CO1.[Cl-]. The first-order chi connectivity index (χ1) is 11.8. The van der Waals surface area contributed by atoms with Gasteiger partial charge in [0.25, 0.3) is 0 Å². The van der Waals surface area contributed by atoms with Gasteiger partial charge in [0, 0.05) is 0 Å². The summed E-state index contributed by atoms with van der Waals surface area (Å²) < 4.78 is 6.75. The molecule has 1 atom stereocenters. The van der Waals surface area contributed by atoms with Gasteiger partial charge in [-0.05, 0) is 26.7 Å². The van der Waals surface area contributed by atoms with Gasteiger partial charge in [-0.15, -0.1) is 0 Å². The van der Waals surface area contributed by atoms with Crippen molar-refractivity contribution in [3.63, 3.8) is 0 Å². The van der Waals surface area contributed by atoms with Crippen molar-refractivity contribution in [2.45, 2.75) is 110 Å². The summed E-state index contributed by atoms with van der Waals surface area (Å²) in [4.78, 5) is 0. The number of rotatable bonds is 18. The molecular formula is C22H46ClNO. The molecule has 1 heterocycles. The van der Waals surface area contributed by atoms with Gasteiger partial charge >= 0.3 is 0 Å². The summed E-state index contributed by atoms with van der Waals surface area (Å²) in [5.41, 5.74) is 0. The molecule has 152 valence electrons. The number of ether oxygens (including phenoxy) is 1. The zero-order valence-electron chi connectivity index (χ0n) is 17.5. The van der Waals surface area contributed by atoms with E-state index in [1.54, 1.807) is 0 Å². The number of hydrogen-bond donors (Lipinski definition) is 0. The lowest BCUT2D eigenvalue weighted by atomic mass is 10.0. The molecule has 0 bridgehead atoms. The maximum atomic E-state index is 5.47. The van der Waals surface area contributed by atoms with E-state index in [2.05, 4.69) is 20.8 Å². The lowest BCUT2D eigenvalue weighted by molar-refractivity contribution is -0.925. The number of likely N-dealkylation sites (N-methyl/N-ethyl adjacent to an activating group) is 1. The molecule has 0 N–H and O–H groups in total. The van der Waals surface area contributed by atoms with Crippen molar-refractivity contribution < 1.29 is 21.6 Å². The molecule has 1 fully saturated rings. The second-order valence-electron chi connectivity index (χ2n) is 8.08. The Morgan fingerprint density at radius 3 is 1.44 bits per heavy atom. The Morgan fingerprint density at radius 2 is 1.08 bits per heavy atom. The van der Waals surface area contributed by atoms with Gasteiger partial charge in [0.15, 0.2) is 0 Å². The van der Waals surface area contributed by atoms with E-state index in [1.165, 1.54) is 114 Å². The van der Waals surface area contributed by atoms with Gasteiger partial charge in [-0.2, -0.15) is 0 Å². The molecule has 25 heavy (non-hydrogen) atoms. The highest BCUT2D eigenvalue weighted by Crippen LogP contribution is 2.19. The molecule has 1 saturated heterocycles. The molecule has 0 aromatic carbocycles. The summed E-state index contributed by atoms with van der Waals surface area (Å²) in [5, 5.41) is 0. The predicted molar refractivity (Wildman–Crippen MR) is 107 cm³/mol. The Labute approximate surface area is 165 Å². The topological polar surface area (TPSA) is 12.5 Å². The Kier molecular flexibility index (Phi) is 16.5. The average molecular weight is 376 g/mol. The highest BCUT2D eigenvalue weighted by Gasteiger charge is 2.34. The van der Waals surface area contributed by atoms with Crippen LogP contribution in [-0.4, -0.2) is 43.4 Å². The molecule has 0 aliphatic carbocycles. The van der Waals surface area contributed by atoms with Crippen LogP contribution in [0.25, 0.3) is 0 Å². The van der Waals surface area contributed by atoms with E-state index in [1.807, 2.05) is 0 Å². The van der Waals surface area contributed by atoms with E-state index in [4.69, 9.17) is 4.74 Å². The van der Waals surface area contributed by atoms with Gasteiger partial charge in [0.05, 0.1) is 26.2 Å². The highest BCUT2D eigenvalue weighted by atomic mass is 35.5. The van der Waals surface area contributed by atoms with E-state index < -0.39 is 0 Å². The van der Waals surface area contributed by atoms with Crippen LogP contribution in [0.3, 0.4) is 0 Å². The first-order valence-corrected chi connectivity index (χ1v) is 11.2. The van der Waals surface area contributed by atoms with Crippen LogP contribution in [-0.2, 0) is 4.74 Å². The minimum Gasteiger partial charge on any atom is -1.00 e. The van der Waals surface area contributed by atoms with Crippen LogP contribution in [0.5, 0.6) is 0 Å². The Morgan fingerprint density at radius 1 is 0.680 bits per heavy atom. The van der Waals surface area contributed by atoms with E-state index in [0.29, 0.717) is 6.10 Å². The largest absolute Gasteiger partial charge is 1.00 e. The second-order valence-corrected chi connectivity index (χ2v) is 8.08. The lowest BCUT2D eigenvalue weighted by Crippen LogP contribution is -3.00. The first kappa shape index (κ1) is 25.2. The zero-order valence-corrected chi connectivity index (χ0v) is 18.3. The van der Waals surface area contributed by atoms with Gasteiger partial charge in [-0.3, -0.25) is 0 Å². The normalized spacial score (nSPS) is 16.7. The Balaban J connectivity index is 0.00000576. The van der Waals surface area contributed by atoms with Crippen LogP contribution >= 0.6 is 0 Å². The zero-order chi connectivity index (χ0) is 17.5. The van der Waals surface area contributed by atoms with Crippen LogP contribution in [0.1, 0.15) is 104 Å². The predicted octanol–water partition coefficient (Wildman–Crippen LogP) is 3.34. The average Bonchev–Trinajstić information content (AvgIpc) is 3.42. The van der Waals surface area contributed by atoms with Crippen LogP contribution in [0, 0.1) is 0 Å². The van der Waals surface area contributed by atoms with Gasteiger partial charge in [-0.25, -0.2) is 0 Å². The molecule has 1 aliphatic heterocycles. The maximum absolute atomic E-state index is 5.47. The van der Waals surface area contributed by atoms with Crippen LogP contribution in [0.2, 0.25) is 0 Å². The number of epoxide rings is 1. The van der Waals surface area contributed by atoms with Crippen LogP contribution in [0.4, 0.5) is 0 Å². The third-order valence-corrected chi connectivity index (χ3v) is 6.07. The van der Waals surface area contributed by atoms with Gasteiger partial charge < -0.3 is 21.6 Å². The summed E-state index contributed by atoms with van der Waals surface area (Å²) in [6.45, 7) is 13.2. The fraction of sp³-hybridized carbons (Fsp3) is 1.00. The summed E-state index contributed by atoms with van der Waals surface area (Å²) in [6.07, 6.45) is 19.4. The van der Waals surface area contributed by atoms with Gasteiger partial charge in [0.1, 0.15) is 12.6 Å². The molecule has 2 nitrogen and oxygen atoms in total. The molecule has 0 aromatic heterocycles. The van der Waals surface area contributed by atoms with Crippen molar-refractivity contribution >= 4 is 0 Å². The van der Waals surface area contributed by atoms with Gasteiger partial charge in [-0.1, -0.05) is 77.6 Å². The Hall–Kier alpha value is 0.210. The smallest absolute Gasteiger partial charge is 0.130 e. The highest BCUT2D eigenvalue weighted by molar-refractivity contribution is 4.68. The maximum Gasteiger partial charge on any atom is 0.130 e. The van der Waals surface area contributed by atoms with Crippen molar-refractivity contribution in [3.05, 3.63) is 0 Å². The number of hydrogen-bond acceptors (Lipinski definition) is 1. The molecule has 3 heteroatoms. The fourth-order valence-electron chi connectivity index (χ4n) is 3.96. The van der Waals surface area contributed by atoms with Crippen molar-refractivity contribution in [2.75, 3.05) is 32.8 Å². The number of nitrogens with zero attached hydrogens (tertiary/aromatic N) is 1. The summed E-state index contributed by atoms with van der Waals surface area (Å²) in [5.74, 6) is 0. The van der Waals surface area contributed by atoms with E-state index in [0.717, 1.165) is 6.61 Å². The number of halogens is 1. The molecule has 0 aromatic rings.